The fraction of sp³-hybridized carbons (Fsp3) is 0.765. The molecule has 2 atom stereocenters. The van der Waals surface area contributed by atoms with Crippen LogP contribution in [0.15, 0.2) is 12.2 Å². The van der Waals surface area contributed by atoms with Crippen molar-refractivity contribution in [2.24, 2.45) is 17.8 Å². The number of carbonyl (C=O) groups excluding carboxylic acids is 1. The van der Waals surface area contributed by atoms with Crippen molar-refractivity contribution >= 4 is 11.9 Å². The third kappa shape index (κ3) is 3.86. The van der Waals surface area contributed by atoms with Crippen molar-refractivity contribution < 1.29 is 14.7 Å². The van der Waals surface area contributed by atoms with Crippen molar-refractivity contribution in [2.45, 2.75) is 58.4 Å². The van der Waals surface area contributed by atoms with E-state index in [1.165, 1.54) is 12.8 Å². The van der Waals surface area contributed by atoms with E-state index in [9.17, 15) is 14.7 Å². The number of allylic oxidation sites excluding steroid dienone is 2. The van der Waals surface area contributed by atoms with Crippen LogP contribution in [0, 0.1) is 17.8 Å². The zero-order valence-electron chi connectivity index (χ0n) is 13.1. The predicted octanol–water partition coefficient (Wildman–Crippen LogP) is 3.08. The molecule has 21 heavy (non-hydrogen) atoms. The fourth-order valence-electron chi connectivity index (χ4n) is 3.60. The highest BCUT2D eigenvalue weighted by atomic mass is 16.4. The van der Waals surface area contributed by atoms with E-state index < -0.39 is 11.9 Å². The Balaban J connectivity index is 2.15. The average Bonchev–Trinajstić information content (AvgIpc) is 2.97. The number of nitrogens with zero attached hydrogens (tertiary/aromatic N) is 1. The summed E-state index contributed by atoms with van der Waals surface area (Å²) in [6.45, 7) is 4.98. The quantitative estimate of drug-likeness (QED) is 0.792. The summed E-state index contributed by atoms with van der Waals surface area (Å²) in [6.07, 6.45) is 9.40. The van der Waals surface area contributed by atoms with Gasteiger partial charge in [0.1, 0.15) is 0 Å². The van der Waals surface area contributed by atoms with E-state index >= 15 is 0 Å². The van der Waals surface area contributed by atoms with E-state index in [1.807, 2.05) is 17.1 Å². The van der Waals surface area contributed by atoms with Crippen LogP contribution in [-0.2, 0) is 9.59 Å². The molecule has 2 aliphatic rings. The molecule has 4 nitrogen and oxygen atoms in total. The standard InChI is InChI=1S/C17H27NO3/c1-12(2)11-18(13-7-3-4-8-13)16(19)14-9-5-6-10-15(14)17(20)21/h5-6,12-15H,3-4,7-11H2,1-2H3,(H,20,21). The van der Waals surface area contributed by atoms with E-state index in [0.717, 1.165) is 19.4 Å². The second kappa shape index (κ2) is 7.10. The van der Waals surface area contributed by atoms with Gasteiger partial charge in [-0.3, -0.25) is 9.59 Å². The Hall–Kier alpha value is -1.32. The normalized spacial score (nSPS) is 26.2. The van der Waals surface area contributed by atoms with E-state index in [1.54, 1.807) is 0 Å². The molecule has 2 aliphatic carbocycles. The Morgan fingerprint density at radius 3 is 2.24 bits per heavy atom. The molecular formula is C17H27NO3. The van der Waals surface area contributed by atoms with Gasteiger partial charge in [-0.1, -0.05) is 38.8 Å². The SMILES string of the molecule is CC(C)CN(C(=O)C1CC=CCC1C(=O)O)C1CCCC1. The third-order valence-electron chi connectivity index (χ3n) is 4.68. The van der Waals surface area contributed by atoms with Gasteiger partial charge in [-0.05, 0) is 31.6 Å². The molecule has 4 heteroatoms. The van der Waals surface area contributed by atoms with Gasteiger partial charge in [0.25, 0.3) is 0 Å². The van der Waals surface area contributed by atoms with Crippen LogP contribution < -0.4 is 0 Å². The summed E-state index contributed by atoms with van der Waals surface area (Å²) in [7, 11) is 0. The molecule has 0 saturated heterocycles. The lowest BCUT2D eigenvalue weighted by atomic mass is 9.81. The Labute approximate surface area is 127 Å². The number of carbonyl (C=O) groups is 2. The van der Waals surface area contributed by atoms with Crippen molar-refractivity contribution in [3.05, 3.63) is 12.2 Å². The predicted molar refractivity (Wildman–Crippen MR) is 81.8 cm³/mol. The van der Waals surface area contributed by atoms with Gasteiger partial charge < -0.3 is 10.0 Å². The first-order chi connectivity index (χ1) is 10.0. The van der Waals surface area contributed by atoms with Crippen LogP contribution in [-0.4, -0.2) is 34.5 Å². The highest BCUT2D eigenvalue weighted by Crippen LogP contribution is 2.31. The van der Waals surface area contributed by atoms with Crippen molar-refractivity contribution in [1.29, 1.82) is 0 Å². The molecule has 0 spiro atoms. The summed E-state index contributed by atoms with van der Waals surface area (Å²) in [4.78, 5) is 26.4. The van der Waals surface area contributed by atoms with Crippen LogP contribution in [0.4, 0.5) is 0 Å². The third-order valence-corrected chi connectivity index (χ3v) is 4.68. The Kier molecular flexibility index (Phi) is 5.43. The van der Waals surface area contributed by atoms with Crippen molar-refractivity contribution in [3.8, 4) is 0 Å². The molecule has 0 bridgehead atoms. The van der Waals surface area contributed by atoms with Crippen LogP contribution in [0.25, 0.3) is 0 Å². The second-order valence-corrected chi connectivity index (χ2v) is 6.82. The summed E-state index contributed by atoms with van der Waals surface area (Å²) in [5.41, 5.74) is 0. The van der Waals surface area contributed by atoms with Crippen molar-refractivity contribution in [2.75, 3.05) is 6.54 Å². The number of hydrogen-bond acceptors (Lipinski definition) is 2. The van der Waals surface area contributed by atoms with E-state index in [2.05, 4.69) is 13.8 Å². The average molecular weight is 293 g/mol. The minimum Gasteiger partial charge on any atom is -0.481 e. The maximum Gasteiger partial charge on any atom is 0.307 e. The Morgan fingerprint density at radius 2 is 1.71 bits per heavy atom. The molecule has 2 rings (SSSR count). The molecule has 0 heterocycles. The first-order valence-corrected chi connectivity index (χ1v) is 8.19. The molecule has 1 N–H and O–H groups in total. The molecule has 1 amide bonds. The number of hydrogen-bond donors (Lipinski definition) is 1. The number of carboxylic acids is 1. The molecule has 0 aliphatic heterocycles. The lowest BCUT2D eigenvalue weighted by Crippen LogP contribution is -2.47. The molecule has 118 valence electrons. The second-order valence-electron chi connectivity index (χ2n) is 6.82. The smallest absolute Gasteiger partial charge is 0.307 e. The van der Waals surface area contributed by atoms with Crippen LogP contribution in [0.2, 0.25) is 0 Å². The lowest BCUT2D eigenvalue weighted by Gasteiger charge is -2.36. The number of carboxylic acid groups (broad SMARTS) is 1. The minimum absolute atomic E-state index is 0.0624. The lowest BCUT2D eigenvalue weighted by molar-refractivity contribution is -0.151. The van der Waals surface area contributed by atoms with Crippen LogP contribution in [0.3, 0.4) is 0 Å². The highest BCUT2D eigenvalue weighted by molar-refractivity contribution is 5.85. The van der Waals surface area contributed by atoms with Crippen molar-refractivity contribution in [3.63, 3.8) is 0 Å². The van der Waals surface area contributed by atoms with Gasteiger partial charge in [0.2, 0.25) is 5.91 Å². The van der Waals surface area contributed by atoms with Crippen LogP contribution >= 0.6 is 0 Å². The molecular weight excluding hydrogens is 266 g/mol. The van der Waals surface area contributed by atoms with Gasteiger partial charge in [0.05, 0.1) is 11.8 Å². The number of amides is 1. The Morgan fingerprint density at radius 1 is 1.14 bits per heavy atom. The maximum absolute atomic E-state index is 13.0. The largest absolute Gasteiger partial charge is 0.481 e. The molecule has 2 unspecified atom stereocenters. The molecule has 1 fully saturated rings. The minimum atomic E-state index is -0.839. The molecule has 0 aromatic rings. The van der Waals surface area contributed by atoms with E-state index in [4.69, 9.17) is 0 Å². The van der Waals surface area contributed by atoms with Crippen LogP contribution in [0.1, 0.15) is 52.4 Å². The molecule has 0 aromatic heterocycles. The fourth-order valence-corrected chi connectivity index (χ4v) is 3.60. The summed E-state index contributed by atoms with van der Waals surface area (Å²) >= 11 is 0. The van der Waals surface area contributed by atoms with Gasteiger partial charge in [0.15, 0.2) is 0 Å². The summed E-state index contributed by atoms with van der Waals surface area (Å²) in [5, 5.41) is 9.38. The topological polar surface area (TPSA) is 57.6 Å². The summed E-state index contributed by atoms with van der Waals surface area (Å²) in [6, 6.07) is 0.320. The zero-order chi connectivity index (χ0) is 15.4. The van der Waals surface area contributed by atoms with Gasteiger partial charge in [-0.15, -0.1) is 0 Å². The number of rotatable bonds is 5. The summed E-state index contributed by atoms with van der Waals surface area (Å²) < 4.78 is 0. The maximum atomic E-state index is 13.0. The Bertz CT molecular complexity index is 410. The zero-order valence-corrected chi connectivity index (χ0v) is 13.1. The van der Waals surface area contributed by atoms with Gasteiger partial charge in [-0.2, -0.15) is 0 Å². The molecule has 1 saturated carbocycles. The van der Waals surface area contributed by atoms with Gasteiger partial charge in [0, 0.05) is 12.6 Å². The molecule has 0 aromatic carbocycles. The van der Waals surface area contributed by atoms with Crippen molar-refractivity contribution in [1.82, 2.24) is 4.90 Å². The monoisotopic (exact) mass is 293 g/mol. The highest BCUT2D eigenvalue weighted by Gasteiger charge is 2.38. The first-order valence-electron chi connectivity index (χ1n) is 8.19. The first kappa shape index (κ1) is 16.1. The van der Waals surface area contributed by atoms with Gasteiger partial charge >= 0.3 is 5.97 Å². The van der Waals surface area contributed by atoms with E-state index in [0.29, 0.717) is 24.8 Å². The van der Waals surface area contributed by atoms with E-state index in [-0.39, 0.29) is 11.8 Å². The van der Waals surface area contributed by atoms with Crippen LogP contribution in [0.5, 0.6) is 0 Å². The van der Waals surface area contributed by atoms with Gasteiger partial charge in [-0.25, -0.2) is 0 Å². The number of aliphatic carboxylic acids is 1. The summed E-state index contributed by atoms with van der Waals surface area (Å²) in [5.74, 6) is -1.30. The molecule has 0 radical (unpaired) electrons.